The lowest BCUT2D eigenvalue weighted by molar-refractivity contribution is 0.0730. The summed E-state index contributed by atoms with van der Waals surface area (Å²) in [5.74, 6) is 0.645. The molecule has 1 aliphatic rings. The van der Waals surface area contributed by atoms with Gasteiger partial charge in [-0.1, -0.05) is 17.7 Å². The third-order valence-corrected chi connectivity index (χ3v) is 6.92. The first-order chi connectivity index (χ1) is 14.4. The molecule has 0 unspecified atom stereocenters. The summed E-state index contributed by atoms with van der Waals surface area (Å²) in [6.45, 7) is 1.42. The second kappa shape index (κ2) is 9.65. The van der Waals surface area contributed by atoms with Crippen LogP contribution >= 0.6 is 11.6 Å². The van der Waals surface area contributed by atoms with Crippen molar-refractivity contribution in [2.24, 2.45) is 0 Å². The Morgan fingerprint density at radius 3 is 2.47 bits per heavy atom. The number of hydrogen-bond donors (Lipinski definition) is 1. The molecule has 0 radical (unpaired) electrons. The average molecular weight is 455 g/mol. The fourth-order valence-corrected chi connectivity index (χ4v) is 4.68. The van der Waals surface area contributed by atoms with Crippen molar-refractivity contribution in [3.63, 3.8) is 0 Å². The van der Waals surface area contributed by atoms with Gasteiger partial charge in [-0.05, 0) is 35.9 Å². The number of hydrogen-bond acceptors (Lipinski definition) is 6. The Hall–Kier alpha value is -2.33. The van der Waals surface area contributed by atoms with Gasteiger partial charge >= 0.3 is 0 Å². The first kappa shape index (κ1) is 22.4. The zero-order chi connectivity index (χ0) is 21.7. The molecule has 2 aromatic rings. The second-order valence-corrected chi connectivity index (χ2v) is 8.88. The molecule has 0 spiro atoms. The zero-order valence-electron chi connectivity index (χ0n) is 16.7. The van der Waals surface area contributed by atoms with Crippen LogP contribution in [0.5, 0.6) is 11.5 Å². The Morgan fingerprint density at radius 1 is 1.10 bits per heavy atom. The molecular weight excluding hydrogens is 432 g/mol. The summed E-state index contributed by atoms with van der Waals surface area (Å²) in [7, 11) is -0.665. The van der Waals surface area contributed by atoms with E-state index in [1.807, 2.05) is 0 Å². The van der Waals surface area contributed by atoms with Gasteiger partial charge in [0.05, 0.1) is 42.9 Å². The van der Waals surface area contributed by atoms with E-state index >= 15 is 0 Å². The minimum Gasteiger partial charge on any atom is -0.493 e. The average Bonchev–Trinajstić information content (AvgIpc) is 2.77. The number of nitrogens with one attached hydrogen (secondary N) is 1. The second-order valence-electron chi connectivity index (χ2n) is 6.53. The number of rotatable bonds is 7. The molecule has 30 heavy (non-hydrogen) atoms. The Balaban J connectivity index is 1.77. The number of carbonyl (C=O) groups is 1. The van der Waals surface area contributed by atoms with E-state index in [9.17, 15) is 13.2 Å². The first-order valence-corrected chi connectivity index (χ1v) is 11.0. The molecule has 10 heteroatoms. The van der Waals surface area contributed by atoms with Gasteiger partial charge in [-0.2, -0.15) is 4.31 Å². The van der Waals surface area contributed by atoms with Gasteiger partial charge in [-0.15, -0.1) is 0 Å². The molecule has 162 valence electrons. The van der Waals surface area contributed by atoms with Gasteiger partial charge in [0.1, 0.15) is 0 Å². The molecule has 8 nitrogen and oxygen atoms in total. The highest BCUT2D eigenvalue weighted by atomic mass is 35.5. The van der Waals surface area contributed by atoms with Gasteiger partial charge in [0, 0.05) is 19.6 Å². The number of halogens is 1. The summed E-state index contributed by atoms with van der Waals surface area (Å²) in [5, 5.41) is 2.92. The quantitative estimate of drug-likeness (QED) is 0.690. The minimum atomic E-state index is -3.73. The predicted octanol–water partition coefficient (Wildman–Crippen LogP) is 2.31. The normalized spacial score (nSPS) is 14.9. The molecule has 0 saturated carbocycles. The number of amides is 1. The van der Waals surface area contributed by atoms with Gasteiger partial charge in [0.15, 0.2) is 11.5 Å². The van der Waals surface area contributed by atoms with Crippen molar-refractivity contribution in [1.82, 2.24) is 9.62 Å². The first-order valence-electron chi connectivity index (χ1n) is 9.23. The SMILES string of the molecule is COc1ccc(CNC(=O)c2cc(S(=O)(=O)N3CCOCC3)ccc2Cl)cc1OC. The van der Waals surface area contributed by atoms with Crippen LogP contribution in [0.4, 0.5) is 0 Å². The third kappa shape index (κ3) is 4.86. The number of morpholine rings is 1. The fourth-order valence-electron chi connectivity index (χ4n) is 3.04. The molecule has 1 fully saturated rings. The summed E-state index contributed by atoms with van der Waals surface area (Å²) in [6.07, 6.45) is 0. The number of methoxy groups -OCH3 is 2. The molecule has 0 aliphatic carbocycles. The van der Waals surface area contributed by atoms with Crippen LogP contribution in [-0.2, 0) is 21.3 Å². The molecule has 1 heterocycles. The summed E-state index contributed by atoms with van der Waals surface area (Å²) in [4.78, 5) is 12.7. The standard InChI is InChI=1S/C20H23ClN2O6S/c1-27-18-6-3-14(11-19(18)28-2)13-22-20(24)16-12-15(4-5-17(16)21)30(25,26)23-7-9-29-10-8-23/h3-6,11-12H,7-10,13H2,1-2H3,(H,22,24). The van der Waals surface area contributed by atoms with Crippen molar-refractivity contribution in [3.05, 3.63) is 52.5 Å². The van der Waals surface area contributed by atoms with Crippen molar-refractivity contribution in [1.29, 1.82) is 0 Å². The van der Waals surface area contributed by atoms with Crippen LogP contribution in [0.1, 0.15) is 15.9 Å². The minimum absolute atomic E-state index is 0.0186. The van der Waals surface area contributed by atoms with Crippen molar-refractivity contribution in [3.8, 4) is 11.5 Å². The lowest BCUT2D eigenvalue weighted by Crippen LogP contribution is -2.40. The zero-order valence-corrected chi connectivity index (χ0v) is 18.3. The van der Waals surface area contributed by atoms with E-state index in [4.69, 9.17) is 25.8 Å². The van der Waals surface area contributed by atoms with Crippen LogP contribution in [0, 0.1) is 0 Å². The number of sulfonamides is 1. The lowest BCUT2D eigenvalue weighted by Gasteiger charge is -2.26. The van der Waals surface area contributed by atoms with Crippen LogP contribution in [0.25, 0.3) is 0 Å². The van der Waals surface area contributed by atoms with Crippen LogP contribution < -0.4 is 14.8 Å². The Labute approximate surface area is 180 Å². The fraction of sp³-hybridized carbons (Fsp3) is 0.350. The van der Waals surface area contributed by atoms with Crippen LogP contribution in [0.2, 0.25) is 5.02 Å². The maximum absolute atomic E-state index is 12.9. The molecule has 0 bridgehead atoms. The number of benzene rings is 2. The molecule has 1 N–H and O–H groups in total. The van der Waals surface area contributed by atoms with E-state index in [-0.39, 0.29) is 35.1 Å². The molecule has 2 aromatic carbocycles. The van der Waals surface area contributed by atoms with Gasteiger partial charge in [0.2, 0.25) is 10.0 Å². The Morgan fingerprint density at radius 2 is 1.80 bits per heavy atom. The van der Waals surface area contributed by atoms with E-state index in [1.165, 1.54) is 29.6 Å². The molecule has 0 aromatic heterocycles. The van der Waals surface area contributed by atoms with Crippen molar-refractivity contribution in [2.75, 3.05) is 40.5 Å². The smallest absolute Gasteiger partial charge is 0.253 e. The molecule has 0 atom stereocenters. The van der Waals surface area contributed by atoms with E-state index in [0.29, 0.717) is 24.7 Å². The highest BCUT2D eigenvalue weighted by Gasteiger charge is 2.27. The monoisotopic (exact) mass is 454 g/mol. The number of nitrogens with zero attached hydrogens (tertiary/aromatic N) is 1. The van der Waals surface area contributed by atoms with E-state index < -0.39 is 15.9 Å². The molecule has 1 saturated heterocycles. The van der Waals surface area contributed by atoms with Crippen molar-refractivity contribution >= 4 is 27.5 Å². The molecule has 1 amide bonds. The van der Waals surface area contributed by atoms with Crippen LogP contribution in [-0.4, -0.2) is 59.2 Å². The highest BCUT2D eigenvalue weighted by Crippen LogP contribution is 2.28. The van der Waals surface area contributed by atoms with Gasteiger partial charge < -0.3 is 19.5 Å². The number of carbonyl (C=O) groups excluding carboxylic acids is 1. The Kier molecular flexibility index (Phi) is 7.19. The summed E-state index contributed by atoms with van der Waals surface area (Å²) in [5.41, 5.74) is 0.876. The van der Waals surface area contributed by atoms with Gasteiger partial charge in [-0.3, -0.25) is 4.79 Å². The molecular formula is C20H23ClN2O6S. The predicted molar refractivity (Wildman–Crippen MR) is 112 cm³/mol. The molecule has 3 rings (SSSR count). The number of ether oxygens (including phenoxy) is 3. The van der Waals surface area contributed by atoms with Crippen LogP contribution in [0.15, 0.2) is 41.3 Å². The van der Waals surface area contributed by atoms with Crippen molar-refractivity contribution in [2.45, 2.75) is 11.4 Å². The largest absolute Gasteiger partial charge is 0.493 e. The summed E-state index contributed by atoms with van der Waals surface area (Å²) >= 11 is 6.17. The maximum atomic E-state index is 12.9. The lowest BCUT2D eigenvalue weighted by atomic mass is 10.1. The Bertz CT molecular complexity index is 1020. The molecule has 1 aliphatic heterocycles. The summed E-state index contributed by atoms with van der Waals surface area (Å²) < 4.78 is 42.7. The van der Waals surface area contributed by atoms with Crippen molar-refractivity contribution < 1.29 is 27.4 Å². The summed E-state index contributed by atoms with van der Waals surface area (Å²) in [6, 6.07) is 9.40. The topological polar surface area (TPSA) is 94.2 Å². The van der Waals surface area contributed by atoms with E-state index in [1.54, 1.807) is 25.3 Å². The van der Waals surface area contributed by atoms with E-state index in [2.05, 4.69) is 5.32 Å². The van der Waals surface area contributed by atoms with Crippen LogP contribution in [0.3, 0.4) is 0 Å². The maximum Gasteiger partial charge on any atom is 0.253 e. The van der Waals surface area contributed by atoms with E-state index in [0.717, 1.165) is 5.56 Å². The van der Waals surface area contributed by atoms with Gasteiger partial charge in [0.25, 0.3) is 5.91 Å². The third-order valence-electron chi connectivity index (χ3n) is 4.69. The van der Waals surface area contributed by atoms with Gasteiger partial charge in [-0.25, -0.2) is 8.42 Å². The highest BCUT2D eigenvalue weighted by molar-refractivity contribution is 7.89.